The van der Waals surface area contributed by atoms with Gasteiger partial charge in [-0.05, 0) is 25.0 Å². The fourth-order valence-electron chi connectivity index (χ4n) is 1.40. The first-order valence-corrected chi connectivity index (χ1v) is 7.62. The molecule has 16 heavy (non-hydrogen) atoms. The van der Waals surface area contributed by atoms with Crippen LogP contribution < -0.4 is 10.5 Å². The van der Waals surface area contributed by atoms with E-state index in [4.69, 9.17) is 18.0 Å². The van der Waals surface area contributed by atoms with Gasteiger partial charge in [-0.2, -0.15) is 0 Å². The molecule has 0 saturated heterocycles. The van der Waals surface area contributed by atoms with Crippen molar-refractivity contribution in [2.75, 3.05) is 0 Å². The maximum Gasteiger partial charge on any atom is 0.250 e. The first-order chi connectivity index (χ1) is 7.49. The van der Waals surface area contributed by atoms with E-state index in [2.05, 4.69) is 4.72 Å². The normalized spacial score (nSPS) is 17.0. The zero-order valence-electron chi connectivity index (χ0n) is 8.47. The third kappa shape index (κ3) is 2.42. The van der Waals surface area contributed by atoms with Crippen molar-refractivity contribution < 1.29 is 8.42 Å². The van der Waals surface area contributed by atoms with E-state index in [1.54, 1.807) is 12.1 Å². The van der Waals surface area contributed by atoms with Crippen LogP contribution in [0.3, 0.4) is 0 Å². The van der Waals surface area contributed by atoms with Gasteiger partial charge in [-0.15, -0.1) is 11.3 Å². The van der Waals surface area contributed by atoms with Gasteiger partial charge in [-0.25, -0.2) is 13.1 Å². The minimum Gasteiger partial charge on any atom is -0.389 e. The molecule has 1 aliphatic rings. The Morgan fingerprint density at radius 1 is 1.50 bits per heavy atom. The molecule has 1 aliphatic carbocycles. The van der Waals surface area contributed by atoms with Crippen molar-refractivity contribution in [3.05, 3.63) is 17.0 Å². The molecule has 3 N–H and O–H groups in total. The molecule has 0 aromatic carbocycles. The fourth-order valence-corrected chi connectivity index (χ4v) is 4.07. The highest BCUT2D eigenvalue weighted by Gasteiger charge is 2.25. The monoisotopic (exact) mass is 276 g/mol. The molecular formula is C9H12N2O2S3. The zero-order valence-corrected chi connectivity index (χ0v) is 10.9. The van der Waals surface area contributed by atoms with E-state index in [0.29, 0.717) is 4.88 Å². The van der Waals surface area contributed by atoms with Crippen LogP contribution in [-0.4, -0.2) is 19.4 Å². The van der Waals surface area contributed by atoms with Gasteiger partial charge in [0.25, 0.3) is 0 Å². The Morgan fingerprint density at radius 3 is 2.62 bits per heavy atom. The van der Waals surface area contributed by atoms with Crippen molar-refractivity contribution in [1.29, 1.82) is 0 Å². The van der Waals surface area contributed by atoms with E-state index >= 15 is 0 Å². The highest BCUT2D eigenvalue weighted by atomic mass is 32.2. The number of sulfonamides is 1. The predicted octanol–water partition coefficient (Wildman–Crippen LogP) is 1.21. The molecule has 4 nitrogen and oxygen atoms in total. The number of thiocarbonyl (C=S) groups is 1. The highest BCUT2D eigenvalue weighted by molar-refractivity contribution is 7.91. The second kappa shape index (κ2) is 4.40. The SMILES string of the molecule is NC(=S)c1ccc(S(=O)(=O)NC2CCC2)s1. The van der Waals surface area contributed by atoms with Gasteiger partial charge in [0.05, 0.1) is 4.88 Å². The first-order valence-electron chi connectivity index (χ1n) is 4.91. The first kappa shape index (κ1) is 12.0. The van der Waals surface area contributed by atoms with Crippen LogP contribution in [0.5, 0.6) is 0 Å². The van der Waals surface area contributed by atoms with E-state index in [9.17, 15) is 8.42 Å². The van der Waals surface area contributed by atoms with Crippen molar-refractivity contribution in [2.45, 2.75) is 29.5 Å². The molecule has 1 aromatic rings. The van der Waals surface area contributed by atoms with Crippen molar-refractivity contribution >= 4 is 38.6 Å². The Kier molecular flexibility index (Phi) is 3.29. The molecule has 0 spiro atoms. The van der Waals surface area contributed by atoms with Crippen LogP contribution >= 0.6 is 23.6 Å². The van der Waals surface area contributed by atoms with E-state index in [1.165, 1.54) is 0 Å². The third-order valence-electron chi connectivity index (χ3n) is 2.52. The van der Waals surface area contributed by atoms with Crippen LogP contribution in [0.15, 0.2) is 16.3 Å². The third-order valence-corrected chi connectivity index (χ3v) is 6.00. The van der Waals surface area contributed by atoms with Gasteiger partial charge in [-0.1, -0.05) is 18.6 Å². The quantitative estimate of drug-likeness (QED) is 0.811. The smallest absolute Gasteiger partial charge is 0.250 e. The maximum absolute atomic E-state index is 11.9. The lowest BCUT2D eigenvalue weighted by atomic mass is 9.94. The molecule has 1 saturated carbocycles. The maximum atomic E-state index is 11.9. The summed E-state index contributed by atoms with van der Waals surface area (Å²) in [5.74, 6) is 0. The van der Waals surface area contributed by atoms with E-state index < -0.39 is 10.0 Å². The number of nitrogens with one attached hydrogen (secondary N) is 1. The molecule has 1 aromatic heterocycles. The minimum absolute atomic E-state index is 0.0976. The van der Waals surface area contributed by atoms with Gasteiger partial charge >= 0.3 is 0 Å². The van der Waals surface area contributed by atoms with Crippen molar-refractivity contribution in [1.82, 2.24) is 4.72 Å². The largest absolute Gasteiger partial charge is 0.389 e. The number of nitrogens with two attached hydrogens (primary N) is 1. The lowest BCUT2D eigenvalue weighted by Crippen LogP contribution is -2.39. The average molecular weight is 276 g/mol. The number of thiophene rings is 1. The Hall–Kier alpha value is -0.500. The summed E-state index contributed by atoms with van der Waals surface area (Å²) in [5.41, 5.74) is 5.44. The van der Waals surface area contributed by atoms with Gasteiger partial charge in [0.15, 0.2) is 0 Å². The molecule has 0 unspecified atom stereocenters. The summed E-state index contributed by atoms with van der Waals surface area (Å²) in [4.78, 5) is 0.860. The van der Waals surface area contributed by atoms with Crippen molar-refractivity contribution in [3.63, 3.8) is 0 Å². The summed E-state index contributed by atoms with van der Waals surface area (Å²) < 4.78 is 26.7. The highest BCUT2D eigenvalue weighted by Crippen LogP contribution is 2.25. The number of hydrogen-bond acceptors (Lipinski definition) is 4. The Labute approximate surface area is 104 Å². The Morgan fingerprint density at radius 2 is 2.19 bits per heavy atom. The molecule has 2 rings (SSSR count). The lowest BCUT2D eigenvalue weighted by Gasteiger charge is -2.25. The molecule has 0 amide bonds. The Bertz CT molecular complexity index is 503. The zero-order chi connectivity index (χ0) is 11.8. The van der Waals surface area contributed by atoms with Crippen LogP contribution in [0.4, 0.5) is 0 Å². The summed E-state index contributed by atoms with van der Waals surface area (Å²) >= 11 is 5.90. The Balaban J connectivity index is 2.17. The van der Waals surface area contributed by atoms with Gasteiger partial charge in [0.2, 0.25) is 10.0 Å². The second-order valence-electron chi connectivity index (χ2n) is 3.73. The molecule has 0 radical (unpaired) electrons. The van der Waals surface area contributed by atoms with E-state index in [0.717, 1.165) is 30.6 Å². The van der Waals surface area contributed by atoms with E-state index in [-0.39, 0.29) is 15.2 Å². The molecule has 0 aliphatic heterocycles. The molecule has 0 atom stereocenters. The van der Waals surface area contributed by atoms with Crippen LogP contribution in [0, 0.1) is 0 Å². The molecule has 0 bridgehead atoms. The fraction of sp³-hybridized carbons (Fsp3) is 0.444. The number of rotatable bonds is 4. The summed E-state index contributed by atoms with van der Waals surface area (Å²) in [6.07, 6.45) is 2.94. The van der Waals surface area contributed by atoms with Gasteiger partial charge in [-0.3, -0.25) is 0 Å². The minimum atomic E-state index is -3.38. The molecule has 7 heteroatoms. The molecule has 1 fully saturated rings. The molecule has 1 heterocycles. The topological polar surface area (TPSA) is 72.2 Å². The summed E-state index contributed by atoms with van der Waals surface area (Å²) in [6, 6.07) is 3.28. The summed E-state index contributed by atoms with van der Waals surface area (Å²) in [6.45, 7) is 0. The van der Waals surface area contributed by atoms with Gasteiger partial charge < -0.3 is 5.73 Å². The van der Waals surface area contributed by atoms with Gasteiger partial charge in [0.1, 0.15) is 9.20 Å². The van der Waals surface area contributed by atoms with Crippen LogP contribution in [0.25, 0.3) is 0 Å². The molecule has 88 valence electrons. The van der Waals surface area contributed by atoms with Crippen molar-refractivity contribution in [3.8, 4) is 0 Å². The van der Waals surface area contributed by atoms with Crippen molar-refractivity contribution in [2.24, 2.45) is 5.73 Å². The van der Waals surface area contributed by atoms with E-state index in [1.807, 2.05) is 0 Å². The second-order valence-corrected chi connectivity index (χ2v) is 7.20. The van der Waals surface area contributed by atoms with Gasteiger partial charge in [0, 0.05) is 6.04 Å². The number of hydrogen-bond donors (Lipinski definition) is 2. The van der Waals surface area contributed by atoms with Crippen LogP contribution in [0.2, 0.25) is 0 Å². The lowest BCUT2D eigenvalue weighted by molar-refractivity contribution is 0.384. The predicted molar refractivity (Wildman–Crippen MR) is 68.2 cm³/mol. The average Bonchev–Trinajstić information content (AvgIpc) is 2.61. The van der Waals surface area contributed by atoms with Crippen LogP contribution in [0.1, 0.15) is 24.1 Å². The summed E-state index contributed by atoms with van der Waals surface area (Å²) in [5, 5.41) is 0. The standard InChI is InChI=1S/C9H12N2O2S3/c10-9(14)7-4-5-8(15-7)16(12,13)11-6-2-1-3-6/h4-6,11H,1-3H2,(H2,10,14). The summed E-state index contributed by atoms with van der Waals surface area (Å²) in [7, 11) is -3.38. The molecular weight excluding hydrogens is 264 g/mol. The van der Waals surface area contributed by atoms with Crippen LogP contribution in [-0.2, 0) is 10.0 Å².